The highest BCUT2D eigenvalue weighted by atomic mass is 32.1. The topological polar surface area (TPSA) is 42.4 Å². The molecule has 0 atom stereocenters. The summed E-state index contributed by atoms with van der Waals surface area (Å²) >= 11 is 1.66. The lowest BCUT2D eigenvalue weighted by Gasteiger charge is -2.20. The van der Waals surface area contributed by atoms with Crippen LogP contribution in [0, 0.1) is 0 Å². The minimum absolute atomic E-state index is 0.528. The van der Waals surface area contributed by atoms with Gasteiger partial charge in [-0.2, -0.15) is 0 Å². The molecule has 15 heavy (non-hydrogen) atoms. The largest absolute Gasteiger partial charge is 0.384 e. The number of hydrogen-bond acceptors (Lipinski definition) is 4. The van der Waals surface area contributed by atoms with Crippen LogP contribution in [0.2, 0.25) is 0 Å². The molecule has 84 valence electrons. The molecule has 4 heteroatoms. The van der Waals surface area contributed by atoms with Crippen molar-refractivity contribution in [3.8, 4) is 0 Å². The lowest BCUT2D eigenvalue weighted by atomic mass is 10.0. The van der Waals surface area contributed by atoms with Crippen molar-refractivity contribution in [3.63, 3.8) is 0 Å². The highest BCUT2D eigenvalue weighted by molar-refractivity contribution is 7.09. The summed E-state index contributed by atoms with van der Waals surface area (Å²) in [5, 5.41) is 12.9. The summed E-state index contributed by atoms with van der Waals surface area (Å²) in [7, 11) is 0. The van der Waals surface area contributed by atoms with E-state index < -0.39 is 5.60 Å². The molecule has 2 rings (SSSR count). The van der Waals surface area contributed by atoms with Gasteiger partial charge in [0.15, 0.2) is 0 Å². The Hall–Kier alpha value is -0.450. The van der Waals surface area contributed by atoms with Gasteiger partial charge >= 0.3 is 0 Å². The third kappa shape index (κ3) is 2.56. The quantitative estimate of drug-likeness (QED) is 0.842. The average molecular weight is 227 g/mol. The Morgan fingerprint density at radius 3 is 2.67 bits per heavy atom. The second-order valence-electron chi connectivity index (χ2n) is 4.52. The maximum absolute atomic E-state index is 9.82. The van der Waals surface area contributed by atoms with Crippen molar-refractivity contribution in [1.29, 1.82) is 0 Å². The van der Waals surface area contributed by atoms with Crippen molar-refractivity contribution in [3.05, 3.63) is 16.1 Å². The van der Waals surface area contributed by atoms with Crippen LogP contribution in [-0.4, -0.2) is 23.3 Å². The van der Waals surface area contributed by atoms with E-state index in [9.17, 15) is 5.11 Å². The van der Waals surface area contributed by atoms with Gasteiger partial charge in [-0.05, 0) is 26.7 Å². The van der Waals surface area contributed by atoms with Crippen molar-refractivity contribution in [2.75, 3.05) is 13.2 Å². The van der Waals surface area contributed by atoms with E-state index in [0.29, 0.717) is 5.92 Å². The number of rotatable bonds is 2. The number of ether oxygens (including phenoxy) is 1. The summed E-state index contributed by atoms with van der Waals surface area (Å²) < 4.78 is 5.32. The predicted octanol–water partition coefficient (Wildman–Crippen LogP) is 2.26. The molecule has 0 aromatic carbocycles. The maximum atomic E-state index is 9.82. The summed E-state index contributed by atoms with van der Waals surface area (Å²) in [4.78, 5) is 4.52. The third-order valence-corrected chi connectivity index (χ3v) is 3.73. The van der Waals surface area contributed by atoms with Gasteiger partial charge in [0.25, 0.3) is 0 Å². The lowest BCUT2D eigenvalue weighted by Crippen LogP contribution is -2.17. The Morgan fingerprint density at radius 1 is 1.47 bits per heavy atom. The second-order valence-corrected chi connectivity index (χ2v) is 5.41. The van der Waals surface area contributed by atoms with Gasteiger partial charge in [0, 0.05) is 24.5 Å². The smallest absolute Gasteiger partial charge is 0.102 e. The zero-order chi connectivity index (χ0) is 10.9. The molecule has 0 amide bonds. The first-order valence-corrected chi connectivity index (χ1v) is 6.21. The van der Waals surface area contributed by atoms with Crippen molar-refractivity contribution in [2.24, 2.45) is 0 Å². The van der Waals surface area contributed by atoms with Gasteiger partial charge in [-0.15, -0.1) is 11.3 Å². The van der Waals surface area contributed by atoms with Crippen molar-refractivity contribution < 1.29 is 9.84 Å². The fraction of sp³-hybridized carbons (Fsp3) is 0.727. The Kier molecular flexibility index (Phi) is 3.09. The molecule has 0 unspecified atom stereocenters. The molecule has 0 aliphatic carbocycles. The monoisotopic (exact) mass is 227 g/mol. The minimum atomic E-state index is -0.820. The molecular formula is C11H17NO2S. The number of aromatic nitrogens is 1. The molecule has 3 nitrogen and oxygen atoms in total. The Balaban J connectivity index is 2.12. The van der Waals surface area contributed by atoms with Crippen LogP contribution in [-0.2, 0) is 10.3 Å². The lowest BCUT2D eigenvalue weighted by molar-refractivity contribution is 0.0731. The van der Waals surface area contributed by atoms with Crippen LogP contribution in [0.15, 0.2) is 5.38 Å². The second kappa shape index (κ2) is 4.20. The molecule has 2 heterocycles. The Bertz CT molecular complexity index is 324. The van der Waals surface area contributed by atoms with E-state index in [1.807, 2.05) is 5.38 Å². The number of thiazole rings is 1. The van der Waals surface area contributed by atoms with E-state index in [1.165, 1.54) is 0 Å². The van der Waals surface area contributed by atoms with Crippen LogP contribution in [0.3, 0.4) is 0 Å². The van der Waals surface area contributed by atoms with E-state index in [-0.39, 0.29) is 0 Å². The Morgan fingerprint density at radius 2 is 2.13 bits per heavy atom. The molecule has 1 aromatic rings. The van der Waals surface area contributed by atoms with Gasteiger partial charge in [-0.3, -0.25) is 0 Å². The SMILES string of the molecule is CC(C)(O)c1csc(C2CCOCC2)n1. The average Bonchev–Trinajstić information content (AvgIpc) is 2.67. The fourth-order valence-corrected chi connectivity index (χ4v) is 2.85. The third-order valence-electron chi connectivity index (χ3n) is 2.72. The number of nitrogens with zero attached hydrogens (tertiary/aromatic N) is 1. The highest BCUT2D eigenvalue weighted by Crippen LogP contribution is 2.31. The molecule has 1 fully saturated rings. The van der Waals surface area contributed by atoms with Crippen molar-refractivity contribution in [1.82, 2.24) is 4.98 Å². The first-order chi connectivity index (χ1) is 7.07. The molecule has 1 saturated heterocycles. The predicted molar refractivity (Wildman–Crippen MR) is 60.2 cm³/mol. The van der Waals surface area contributed by atoms with E-state index in [4.69, 9.17) is 4.74 Å². The van der Waals surface area contributed by atoms with E-state index in [2.05, 4.69) is 4.98 Å². The van der Waals surface area contributed by atoms with E-state index in [0.717, 1.165) is 36.8 Å². The summed E-state index contributed by atoms with van der Waals surface area (Å²) in [5.41, 5.74) is -0.0334. The van der Waals surface area contributed by atoms with Crippen LogP contribution in [0.4, 0.5) is 0 Å². The molecule has 0 saturated carbocycles. The van der Waals surface area contributed by atoms with Gasteiger partial charge in [-0.25, -0.2) is 4.98 Å². The molecule has 1 N–H and O–H groups in total. The summed E-state index contributed by atoms with van der Waals surface area (Å²) in [6.45, 7) is 5.22. The molecule has 1 aliphatic rings. The van der Waals surface area contributed by atoms with Crippen LogP contribution < -0.4 is 0 Å². The highest BCUT2D eigenvalue weighted by Gasteiger charge is 2.23. The van der Waals surface area contributed by atoms with Crippen molar-refractivity contribution in [2.45, 2.75) is 38.2 Å². The normalized spacial score (nSPS) is 19.4. The number of hydrogen-bond donors (Lipinski definition) is 1. The van der Waals surface area contributed by atoms with E-state index >= 15 is 0 Å². The van der Waals surface area contributed by atoms with Crippen LogP contribution in [0.25, 0.3) is 0 Å². The zero-order valence-corrected chi connectivity index (χ0v) is 10.0. The van der Waals surface area contributed by atoms with Crippen molar-refractivity contribution >= 4 is 11.3 Å². The van der Waals surface area contributed by atoms with Gasteiger partial charge in [0.1, 0.15) is 5.60 Å². The first-order valence-electron chi connectivity index (χ1n) is 5.33. The fourth-order valence-electron chi connectivity index (χ4n) is 1.70. The standard InChI is InChI=1S/C11H17NO2S/c1-11(2,13)9-7-15-10(12-9)8-3-5-14-6-4-8/h7-8,13H,3-6H2,1-2H3. The number of aliphatic hydroxyl groups is 1. The van der Waals surface area contributed by atoms with Crippen LogP contribution >= 0.6 is 11.3 Å². The summed E-state index contributed by atoms with van der Waals surface area (Å²) in [6, 6.07) is 0. The maximum Gasteiger partial charge on any atom is 0.102 e. The molecular weight excluding hydrogens is 210 g/mol. The zero-order valence-electron chi connectivity index (χ0n) is 9.19. The summed E-state index contributed by atoms with van der Waals surface area (Å²) in [5.74, 6) is 0.528. The van der Waals surface area contributed by atoms with Crippen LogP contribution in [0.1, 0.15) is 43.3 Å². The molecule has 0 bridgehead atoms. The van der Waals surface area contributed by atoms with Gasteiger partial charge in [0.2, 0.25) is 0 Å². The first kappa shape index (κ1) is 11.0. The summed E-state index contributed by atoms with van der Waals surface area (Å²) in [6.07, 6.45) is 2.11. The van der Waals surface area contributed by atoms with Gasteiger partial charge in [-0.1, -0.05) is 0 Å². The van der Waals surface area contributed by atoms with Crippen LogP contribution in [0.5, 0.6) is 0 Å². The van der Waals surface area contributed by atoms with Gasteiger partial charge < -0.3 is 9.84 Å². The molecule has 1 aromatic heterocycles. The molecule has 1 aliphatic heterocycles. The molecule has 0 radical (unpaired) electrons. The van der Waals surface area contributed by atoms with E-state index in [1.54, 1.807) is 25.2 Å². The van der Waals surface area contributed by atoms with Gasteiger partial charge in [0.05, 0.1) is 10.7 Å². The molecule has 0 spiro atoms. The Labute approximate surface area is 94.1 Å². The minimum Gasteiger partial charge on any atom is -0.384 e.